The highest BCUT2D eigenvalue weighted by molar-refractivity contribution is 6.30. The second kappa shape index (κ2) is 7.04. The average molecular weight is 319 g/mol. The highest BCUT2D eigenvalue weighted by Gasteiger charge is 2.15. The molecule has 0 saturated heterocycles. The minimum absolute atomic E-state index is 0.110. The number of nitrogens with one attached hydrogen (secondary N) is 1. The largest absolute Gasteiger partial charge is 0.365 e. The Kier molecular flexibility index (Phi) is 5.12. The Hall–Kier alpha value is -2.40. The molecule has 3 N–H and O–H groups in total. The number of carbonyl (C=O) groups excluding carboxylic acids is 2. The summed E-state index contributed by atoms with van der Waals surface area (Å²) in [6, 6.07) is 10.4. The molecule has 1 heterocycles. The summed E-state index contributed by atoms with van der Waals surface area (Å²) in [6.07, 6.45) is 3.26. The number of hydrogen-bond acceptors (Lipinski definition) is 2. The van der Waals surface area contributed by atoms with Crippen LogP contribution >= 0.6 is 11.6 Å². The van der Waals surface area contributed by atoms with Crippen LogP contribution in [-0.4, -0.2) is 11.8 Å². The number of hydrogen-bond donors (Lipinski definition) is 2. The van der Waals surface area contributed by atoms with Crippen molar-refractivity contribution in [1.29, 1.82) is 0 Å². The molecular formula is C16H17ClN3O2+. The molecule has 0 aliphatic carbocycles. The van der Waals surface area contributed by atoms with Crippen molar-refractivity contribution in [3.63, 3.8) is 0 Å². The van der Waals surface area contributed by atoms with Crippen LogP contribution in [0.1, 0.15) is 28.9 Å². The van der Waals surface area contributed by atoms with Crippen LogP contribution in [0, 0.1) is 0 Å². The molecule has 5 nitrogen and oxygen atoms in total. The number of halogens is 1. The Balaban J connectivity index is 1.99. The third-order valence-electron chi connectivity index (χ3n) is 3.22. The highest BCUT2D eigenvalue weighted by Crippen LogP contribution is 2.15. The van der Waals surface area contributed by atoms with Gasteiger partial charge in [-0.2, -0.15) is 4.57 Å². The number of benzene rings is 1. The van der Waals surface area contributed by atoms with E-state index in [9.17, 15) is 9.59 Å². The molecule has 1 aromatic carbocycles. The van der Waals surface area contributed by atoms with E-state index in [2.05, 4.69) is 5.32 Å². The molecule has 0 saturated carbocycles. The van der Waals surface area contributed by atoms with Crippen LogP contribution in [0.4, 0.5) is 0 Å². The van der Waals surface area contributed by atoms with Crippen molar-refractivity contribution < 1.29 is 14.2 Å². The normalized spacial score (nSPS) is 11.7. The van der Waals surface area contributed by atoms with E-state index in [1.807, 2.05) is 19.1 Å². The van der Waals surface area contributed by atoms with Crippen LogP contribution in [0.15, 0.2) is 48.8 Å². The molecule has 0 fully saturated rings. The van der Waals surface area contributed by atoms with E-state index in [1.165, 1.54) is 0 Å². The molecule has 0 bridgehead atoms. The zero-order valence-corrected chi connectivity index (χ0v) is 12.9. The number of nitrogens with zero attached hydrogens (tertiary/aromatic N) is 1. The second-order valence-corrected chi connectivity index (χ2v) is 5.41. The summed E-state index contributed by atoms with van der Waals surface area (Å²) < 4.78 is 1.62. The van der Waals surface area contributed by atoms with Gasteiger partial charge >= 0.3 is 0 Å². The molecule has 0 spiro atoms. The molecule has 22 heavy (non-hydrogen) atoms. The van der Waals surface area contributed by atoms with E-state index in [4.69, 9.17) is 17.3 Å². The first-order chi connectivity index (χ1) is 10.5. The summed E-state index contributed by atoms with van der Waals surface area (Å²) in [5.41, 5.74) is 6.55. The summed E-state index contributed by atoms with van der Waals surface area (Å²) in [6.45, 7) is 2.00. The first-order valence-corrected chi connectivity index (χ1v) is 7.17. The maximum Gasteiger partial charge on any atom is 0.286 e. The zero-order chi connectivity index (χ0) is 16.1. The van der Waals surface area contributed by atoms with Crippen LogP contribution in [0.3, 0.4) is 0 Å². The van der Waals surface area contributed by atoms with Crippen LogP contribution in [-0.2, 0) is 11.3 Å². The van der Waals surface area contributed by atoms with E-state index in [0.717, 1.165) is 5.56 Å². The van der Waals surface area contributed by atoms with Gasteiger partial charge in [-0.3, -0.25) is 9.59 Å². The van der Waals surface area contributed by atoms with Gasteiger partial charge in [-0.05, 0) is 30.7 Å². The molecular weight excluding hydrogens is 302 g/mol. The second-order valence-electron chi connectivity index (χ2n) is 4.97. The first kappa shape index (κ1) is 16.0. The molecule has 0 aliphatic rings. The lowest BCUT2D eigenvalue weighted by Gasteiger charge is -2.13. The molecule has 0 aliphatic heterocycles. The van der Waals surface area contributed by atoms with E-state index in [1.54, 1.807) is 41.2 Å². The third kappa shape index (κ3) is 4.30. The lowest BCUT2D eigenvalue weighted by Crippen LogP contribution is -2.43. The van der Waals surface area contributed by atoms with Crippen molar-refractivity contribution in [2.75, 3.05) is 0 Å². The van der Waals surface area contributed by atoms with E-state index >= 15 is 0 Å². The van der Waals surface area contributed by atoms with E-state index < -0.39 is 5.91 Å². The standard InChI is InChI=1S/C16H16ClN3O2/c1-11(12-4-6-14(17)7-5-12)19-15(21)10-20-8-2-3-13(9-20)16(18)22/h2-9,11H,10H2,1H3,(H2-,18,19,21,22)/p+1/t11-/m0/s1. The van der Waals surface area contributed by atoms with Gasteiger partial charge < -0.3 is 11.1 Å². The fourth-order valence-corrected chi connectivity index (χ4v) is 2.18. The van der Waals surface area contributed by atoms with E-state index in [0.29, 0.717) is 10.6 Å². The Labute approximate surface area is 133 Å². The minimum atomic E-state index is -0.524. The van der Waals surface area contributed by atoms with Gasteiger partial charge in [0.05, 0.1) is 6.04 Å². The topological polar surface area (TPSA) is 76.1 Å². The number of aromatic nitrogens is 1. The van der Waals surface area contributed by atoms with Crippen molar-refractivity contribution >= 4 is 23.4 Å². The Morgan fingerprint density at radius 3 is 2.59 bits per heavy atom. The molecule has 0 radical (unpaired) electrons. The van der Waals surface area contributed by atoms with Crippen molar-refractivity contribution in [3.05, 3.63) is 64.9 Å². The van der Waals surface area contributed by atoms with Crippen molar-refractivity contribution in [1.82, 2.24) is 5.32 Å². The molecule has 1 aromatic heterocycles. The van der Waals surface area contributed by atoms with Gasteiger partial charge in [0.1, 0.15) is 5.56 Å². The minimum Gasteiger partial charge on any atom is -0.365 e. The monoisotopic (exact) mass is 318 g/mol. The zero-order valence-electron chi connectivity index (χ0n) is 12.1. The molecule has 2 rings (SSSR count). The number of primary amides is 1. The van der Waals surface area contributed by atoms with Gasteiger partial charge in [-0.1, -0.05) is 23.7 Å². The molecule has 2 aromatic rings. The van der Waals surface area contributed by atoms with Gasteiger partial charge in [0.2, 0.25) is 6.54 Å². The molecule has 114 valence electrons. The fourth-order valence-electron chi connectivity index (χ4n) is 2.05. The molecule has 0 unspecified atom stereocenters. The summed E-state index contributed by atoms with van der Waals surface area (Å²) in [5, 5.41) is 3.55. The maximum atomic E-state index is 12.1. The Morgan fingerprint density at radius 2 is 1.95 bits per heavy atom. The summed E-state index contributed by atoms with van der Waals surface area (Å²) >= 11 is 5.84. The average Bonchev–Trinajstić information content (AvgIpc) is 2.47. The number of pyridine rings is 1. The maximum absolute atomic E-state index is 12.1. The lowest BCUT2D eigenvalue weighted by molar-refractivity contribution is -0.684. The van der Waals surface area contributed by atoms with Crippen LogP contribution in [0.2, 0.25) is 5.02 Å². The van der Waals surface area contributed by atoms with Crippen LogP contribution in [0.5, 0.6) is 0 Å². The van der Waals surface area contributed by atoms with Crippen molar-refractivity contribution in [2.45, 2.75) is 19.5 Å². The highest BCUT2D eigenvalue weighted by atomic mass is 35.5. The van der Waals surface area contributed by atoms with Crippen LogP contribution < -0.4 is 15.6 Å². The molecule has 2 amide bonds. The Morgan fingerprint density at radius 1 is 1.27 bits per heavy atom. The molecule has 1 atom stereocenters. The number of nitrogens with two attached hydrogens (primary N) is 1. The van der Waals surface area contributed by atoms with Crippen molar-refractivity contribution in [2.24, 2.45) is 5.73 Å². The van der Waals surface area contributed by atoms with Gasteiger partial charge in [0.25, 0.3) is 11.8 Å². The predicted octanol–water partition coefficient (Wildman–Crippen LogP) is 1.60. The quantitative estimate of drug-likeness (QED) is 0.822. The van der Waals surface area contributed by atoms with E-state index in [-0.39, 0.29) is 18.5 Å². The predicted molar refractivity (Wildman–Crippen MR) is 83.2 cm³/mol. The SMILES string of the molecule is C[C@H](NC(=O)C[n+]1cccc(C(N)=O)c1)c1ccc(Cl)cc1. The van der Waals surface area contributed by atoms with Crippen LogP contribution in [0.25, 0.3) is 0 Å². The van der Waals surface area contributed by atoms with Gasteiger partial charge in [0.15, 0.2) is 12.4 Å². The van der Waals surface area contributed by atoms with Gasteiger partial charge in [-0.25, -0.2) is 0 Å². The lowest BCUT2D eigenvalue weighted by atomic mass is 10.1. The number of rotatable bonds is 5. The third-order valence-corrected chi connectivity index (χ3v) is 3.47. The summed E-state index contributed by atoms with van der Waals surface area (Å²) in [4.78, 5) is 23.2. The number of amides is 2. The summed E-state index contributed by atoms with van der Waals surface area (Å²) in [5.74, 6) is -0.682. The van der Waals surface area contributed by atoms with Gasteiger partial charge in [0, 0.05) is 11.1 Å². The Bertz CT molecular complexity index is 686. The van der Waals surface area contributed by atoms with Gasteiger partial charge in [-0.15, -0.1) is 0 Å². The fraction of sp³-hybridized carbons (Fsp3) is 0.188. The molecule has 6 heteroatoms. The summed E-state index contributed by atoms with van der Waals surface area (Å²) in [7, 11) is 0. The van der Waals surface area contributed by atoms with Crippen molar-refractivity contribution in [3.8, 4) is 0 Å². The smallest absolute Gasteiger partial charge is 0.286 e. The number of carbonyl (C=O) groups is 2. The first-order valence-electron chi connectivity index (χ1n) is 6.79.